The maximum absolute atomic E-state index is 5.23. The minimum absolute atomic E-state index is 0.481. The average molecular weight is 235 g/mol. The summed E-state index contributed by atoms with van der Waals surface area (Å²) < 4.78 is 5.23. The van der Waals surface area contributed by atoms with Crippen molar-refractivity contribution >= 4 is 0 Å². The molecule has 1 aromatic heterocycles. The first-order valence-corrected chi connectivity index (χ1v) is 6.88. The predicted octanol–water partition coefficient (Wildman–Crippen LogP) is 4.15. The lowest BCUT2D eigenvalue weighted by Crippen LogP contribution is -2.32. The number of furan rings is 1. The van der Waals surface area contributed by atoms with Crippen LogP contribution in [0.25, 0.3) is 0 Å². The van der Waals surface area contributed by atoms with E-state index < -0.39 is 0 Å². The summed E-state index contributed by atoms with van der Waals surface area (Å²) in [6, 6.07) is 2.59. The van der Waals surface area contributed by atoms with E-state index in [1.807, 2.05) is 6.26 Å². The monoisotopic (exact) mass is 235 g/mol. The maximum Gasteiger partial charge on any atom is 0.0950 e. The van der Waals surface area contributed by atoms with Crippen LogP contribution in [0, 0.1) is 11.3 Å². The molecule has 2 rings (SSSR count). The minimum atomic E-state index is 0.481. The van der Waals surface area contributed by atoms with Gasteiger partial charge in [-0.2, -0.15) is 0 Å². The molecule has 0 bridgehead atoms. The van der Waals surface area contributed by atoms with Gasteiger partial charge in [-0.15, -0.1) is 0 Å². The third kappa shape index (κ3) is 3.12. The van der Waals surface area contributed by atoms with Crippen LogP contribution >= 0.6 is 0 Å². The van der Waals surface area contributed by atoms with Crippen LogP contribution in [0.3, 0.4) is 0 Å². The molecular formula is C15H25NO. The van der Waals surface area contributed by atoms with Gasteiger partial charge in [0.05, 0.1) is 12.5 Å². The molecule has 1 atom stereocenters. The van der Waals surface area contributed by atoms with Crippen molar-refractivity contribution in [1.82, 2.24) is 5.32 Å². The second-order valence-electron chi connectivity index (χ2n) is 6.09. The molecule has 0 saturated heterocycles. The van der Waals surface area contributed by atoms with E-state index in [0.29, 0.717) is 11.5 Å². The molecule has 1 fully saturated rings. The highest BCUT2D eigenvalue weighted by Gasteiger charge is 2.31. The Morgan fingerprint density at radius 3 is 2.65 bits per heavy atom. The van der Waals surface area contributed by atoms with Gasteiger partial charge in [0.15, 0.2) is 0 Å². The molecule has 0 radical (unpaired) electrons. The number of hydrogen-bond donors (Lipinski definition) is 1. The van der Waals surface area contributed by atoms with Gasteiger partial charge in [0.2, 0.25) is 0 Å². The van der Waals surface area contributed by atoms with Crippen LogP contribution in [0.4, 0.5) is 0 Å². The fourth-order valence-electron chi connectivity index (χ4n) is 2.98. The number of rotatable bonds is 4. The highest BCUT2D eigenvalue weighted by Crippen LogP contribution is 2.42. The van der Waals surface area contributed by atoms with E-state index in [1.165, 1.54) is 31.2 Å². The lowest BCUT2D eigenvalue weighted by Gasteiger charge is -2.38. The fraction of sp³-hybridized carbons (Fsp3) is 0.733. The second-order valence-corrected chi connectivity index (χ2v) is 6.09. The maximum atomic E-state index is 5.23. The summed E-state index contributed by atoms with van der Waals surface area (Å²) in [6.45, 7) is 7.99. The van der Waals surface area contributed by atoms with Gasteiger partial charge in [0, 0.05) is 11.6 Å². The van der Waals surface area contributed by atoms with Gasteiger partial charge in [0.25, 0.3) is 0 Å². The molecule has 17 heavy (non-hydrogen) atoms. The molecule has 96 valence electrons. The molecule has 1 aliphatic carbocycles. The highest BCUT2D eigenvalue weighted by molar-refractivity contribution is 5.13. The Morgan fingerprint density at radius 2 is 2.12 bits per heavy atom. The van der Waals surface area contributed by atoms with Crippen LogP contribution in [-0.2, 0) is 0 Å². The Morgan fingerprint density at radius 1 is 1.41 bits per heavy atom. The summed E-state index contributed by atoms with van der Waals surface area (Å²) in [6.07, 6.45) is 9.03. The standard InChI is InChI=1S/C15H25NO/c1-4-16-14(13-7-10-17-11-13)12-5-8-15(2,3)9-6-12/h7,10-12,14,16H,4-6,8-9H2,1-3H3. The van der Waals surface area contributed by atoms with Gasteiger partial charge >= 0.3 is 0 Å². The summed E-state index contributed by atoms with van der Waals surface area (Å²) in [7, 11) is 0. The highest BCUT2D eigenvalue weighted by atomic mass is 16.3. The van der Waals surface area contributed by atoms with Crippen molar-refractivity contribution in [2.75, 3.05) is 6.54 Å². The molecule has 0 aromatic carbocycles. The first-order chi connectivity index (χ1) is 8.12. The smallest absolute Gasteiger partial charge is 0.0950 e. The first-order valence-electron chi connectivity index (χ1n) is 6.88. The molecule has 0 amide bonds. The predicted molar refractivity (Wildman–Crippen MR) is 70.9 cm³/mol. The van der Waals surface area contributed by atoms with E-state index in [1.54, 1.807) is 6.26 Å². The molecule has 0 spiro atoms. The van der Waals surface area contributed by atoms with Crippen LogP contribution in [0.5, 0.6) is 0 Å². The van der Waals surface area contributed by atoms with Crippen LogP contribution in [-0.4, -0.2) is 6.54 Å². The molecule has 2 nitrogen and oxygen atoms in total. The molecule has 1 aliphatic rings. The molecule has 2 heteroatoms. The van der Waals surface area contributed by atoms with E-state index in [-0.39, 0.29) is 0 Å². The van der Waals surface area contributed by atoms with E-state index >= 15 is 0 Å². The lowest BCUT2D eigenvalue weighted by atomic mass is 9.70. The summed E-state index contributed by atoms with van der Waals surface area (Å²) >= 11 is 0. The molecule has 1 heterocycles. The van der Waals surface area contributed by atoms with Crippen molar-refractivity contribution in [3.05, 3.63) is 24.2 Å². The van der Waals surface area contributed by atoms with Crippen molar-refractivity contribution in [3.63, 3.8) is 0 Å². The SMILES string of the molecule is CCNC(c1ccoc1)C1CCC(C)(C)CC1. The zero-order valence-corrected chi connectivity index (χ0v) is 11.3. The Bertz CT molecular complexity index is 319. The Balaban J connectivity index is 2.03. The van der Waals surface area contributed by atoms with Crippen LogP contribution < -0.4 is 5.32 Å². The fourth-order valence-corrected chi connectivity index (χ4v) is 2.98. The van der Waals surface area contributed by atoms with Gasteiger partial charge in [-0.1, -0.05) is 20.8 Å². The molecule has 1 unspecified atom stereocenters. The van der Waals surface area contributed by atoms with Crippen molar-refractivity contribution in [2.24, 2.45) is 11.3 Å². The van der Waals surface area contributed by atoms with Crippen LogP contribution in [0.15, 0.2) is 23.0 Å². The third-order valence-electron chi connectivity index (χ3n) is 4.18. The Labute approximate surface area is 105 Å². The minimum Gasteiger partial charge on any atom is -0.472 e. The number of nitrogens with one attached hydrogen (secondary N) is 1. The van der Waals surface area contributed by atoms with Crippen molar-refractivity contribution in [2.45, 2.75) is 52.5 Å². The Hall–Kier alpha value is -0.760. The second kappa shape index (κ2) is 5.26. The number of hydrogen-bond acceptors (Lipinski definition) is 2. The average Bonchev–Trinajstić information content (AvgIpc) is 2.80. The Kier molecular flexibility index (Phi) is 3.93. The van der Waals surface area contributed by atoms with Gasteiger partial charge in [-0.05, 0) is 49.6 Å². The topological polar surface area (TPSA) is 25.2 Å². The summed E-state index contributed by atoms with van der Waals surface area (Å²) in [5.41, 5.74) is 1.86. The van der Waals surface area contributed by atoms with E-state index in [0.717, 1.165) is 12.5 Å². The lowest BCUT2D eigenvalue weighted by molar-refractivity contribution is 0.162. The van der Waals surface area contributed by atoms with Crippen molar-refractivity contribution in [3.8, 4) is 0 Å². The van der Waals surface area contributed by atoms with Gasteiger partial charge in [0.1, 0.15) is 0 Å². The van der Waals surface area contributed by atoms with Gasteiger partial charge < -0.3 is 9.73 Å². The zero-order chi connectivity index (χ0) is 12.3. The van der Waals surface area contributed by atoms with E-state index in [4.69, 9.17) is 4.42 Å². The first kappa shape index (κ1) is 12.7. The zero-order valence-electron chi connectivity index (χ0n) is 11.3. The molecule has 0 aliphatic heterocycles. The largest absolute Gasteiger partial charge is 0.472 e. The van der Waals surface area contributed by atoms with Gasteiger partial charge in [-0.3, -0.25) is 0 Å². The van der Waals surface area contributed by atoms with E-state index in [2.05, 4.69) is 32.2 Å². The third-order valence-corrected chi connectivity index (χ3v) is 4.18. The van der Waals surface area contributed by atoms with Crippen LogP contribution in [0.1, 0.15) is 58.1 Å². The molecule has 1 N–H and O–H groups in total. The molecule has 1 aromatic rings. The van der Waals surface area contributed by atoms with E-state index in [9.17, 15) is 0 Å². The van der Waals surface area contributed by atoms with Crippen molar-refractivity contribution in [1.29, 1.82) is 0 Å². The summed E-state index contributed by atoms with van der Waals surface area (Å²) in [4.78, 5) is 0. The molecular weight excluding hydrogens is 210 g/mol. The molecule has 1 saturated carbocycles. The summed E-state index contributed by atoms with van der Waals surface area (Å²) in [5, 5.41) is 3.62. The normalized spacial score (nSPS) is 22.5. The quantitative estimate of drug-likeness (QED) is 0.848. The van der Waals surface area contributed by atoms with Gasteiger partial charge in [-0.25, -0.2) is 0 Å². The van der Waals surface area contributed by atoms with Crippen molar-refractivity contribution < 1.29 is 4.42 Å². The summed E-state index contributed by atoms with van der Waals surface area (Å²) in [5.74, 6) is 0.764. The van der Waals surface area contributed by atoms with Crippen LogP contribution in [0.2, 0.25) is 0 Å².